The van der Waals surface area contributed by atoms with E-state index in [0.717, 1.165) is 41.4 Å². The molecule has 0 heterocycles. The van der Waals surface area contributed by atoms with E-state index in [1.807, 2.05) is 0 Å². The van der Waals surface area contributed by atoms with Gasteiger partial charge in [-0.25, -0.2) is 0 Å². The summed E-state index contributed by atoms with van der Waals surface area (Å²) < 4.78 is 0. The predicted molar refractivity (Wildman–Crippen MR) is 116 cm³/mol. The topological polar surface area (TPSA) is 0 Å². The van der Waals surface area contributed by atoms with Crippen molar-refractivity contribution in [2.75, 3.05) is 0 Å². The minimum atomic E-state index is 0.611. The maximum atomic E-state index is 2.80. The molecule has 9 atom stereocenters. The Morgan fingerprint density at radius 1 is 0.593 bits per heavy atom. The van der Waals surface area contributed by atoms with Gasteiger partial charge in [0.25, 0.3) is 0 Å². The van der Waals surface area contributed by atoms with Crippen LogP contribution in [0.2, 0.25) is 0 Å². The van der Waals surface area contributed by atoms with Crippen LogP contribution in [0.5, 0.6) is 0 Å². The van der Waals surface area contributed by atoms with Crippen molar-refractivity contribution in [3.05, 3.63) is 0 Å². The summed E-state index contributed by atoms with van der Waals surface area (Å²) in [6, 6.07) is 0. The Labute approximate surface area is 169 Å². The molecule has 0 N–H and O–H groups in total. The smallest absolute Gasteiger partial charge is 0.0238 e. The van der Waals surface area contributed by atoms with E-state index in [1.165, 1.54) is 19.3 Å². The van der Waals surface area contributed by atoms with Crippen molar-refractivity contribution in [3.8, 4) is 0 Å². The Balaban J connectivity index is 1.46. The van der Waals surface area contributed by atoms with Crippen LogP contribution in [-0.4, -0.2) is 0 Å². The summed E-state index contributed by atoms with van der Waals surface area (Å²) in [5.74, 6) is 7.43. The zero-order valence-corrected chi connectivity index (χ0v) is 19.0. The van der Waals surface area contributed by atoms with E-state index >= 15 is 0 Å². The molecule has 0 aliphatic heterocycles. The van der Waals surface area contributed by atoms with Crippen LogP contribution in [0, 0.1) is 57.7 Å². The molecular formula is C27H46. The summed E-state index contributed by atoms with van der Waals surface area (Å²) in [6.07, 6.45) is 18.5. The third-order valence-corrected chi connectivity index (χ3v) is 12.2. The van der Waals surface area contributed by atoms with Gasteiger partial charge in [-0.05, 0) is 122 Å². The van der Waals surface area contributed by atoms with Crippen LogP contribution >= 0.6 is 0 Å². The molecule has 5 aliphatic carbocycles. The molecule has 0 spiro atoms. The maximum absolute atomic E-state index is 2.80. The molecule has 5 saturated carbocycles. The van der Waals surface area contributed by atoms with E-state index < -0.39 is 0 Å². The molecule has 5 fully saturated rings. The van der Waals surface area contributed by atoms with Crippen molar-refractivity contribution < 1.29 is 0 Å². The Kier molecular flexibility index (Phi) is 4.39. The van der Waals surface area contributed by atoms with Gasteiger partial charge in [-0.15, -0.1) is 0 Å². The molecule has 5 rings (SSSR count). The van der Waals surface area contributed by atoms with Crippen molar-refractivity contribution in [1.29, 1.82) is 0 Å². The summed E-state index contributed by atoms with van der Waals surface area (Å²) in [7, 11) is 0. The van der Waals surface area contributed by atoms with Crippen molar-refractivity contribution in [1.82, 2.24) is 0 Å². The summed E-state index contributed by atoms with van der Waals surface area (Å²) in [6.45, 7) is 13.3. The highest BCUT2D eigenvalue weighted by Gasteiger charge is 2.65. The Hall–Kier alpha value is 0. The van der Waals surface area contributed by atoms with Crippen molar-refractivity contribution in [2.24, 2.45) is 57.7 Å². The van der Waals surface area contributed by atoms with Crippen LogP contribution in [0.4, 0.5) is 0 Å². The van der Waals surface area contributed by atoms with E-state index in [4.69, 9.17) is 0 Å². The molecule has 154 valence electrons. The van der Waals surface area contributed by atoms with Crippen LogP contribution in [-0.2, 0) is 0 Å². The molecule has 5 aliphatic rings. The van der Waals surface area contributed by atoms with Gasteiger partial charge < -0.3 is 0 Å². The fraction of sp³-hybridized carbons (Fsp3) is 1.00. The lowest BCUT2D eigenvalue weighted by Gasteiger charge is -2.68. The van der Waals surface area contributed by atoms with Crippen molar-refractivity contribution >= 4 is 0 Å². The summed E-state index contributed by atoms with van der Waals surface area (Å²) in [4.78, 5) is 0. The molecule has 0 radical (unpaired) electrons. The van der Waals surface area contributed by atoms with Crippen LogP contribution in [0.25, 0.3) is 0 Å². The van der Waals surface area contributed by atoms with Crippen LogP contribution in [0.15, 0.2) is 0 Å². The van der Waals surface area contributed by atoms with Gasteiger partial charge in [-0.1, -0.05) is 47.5 Å². The molecule has 0 saturated heterocycles. The van der Waals surface area contributed by atoms with Crippen LogP contribution < -0.4 is 0 Å². The second-order valence-corrected chi connectivity index (χ2v) is 12.9. The first-order chi connectivity index (χ1) is 12.8. The van der Waals surface area contributed by atoms with Gasteiger partial charge in [0.15, 0.2) is 0 Å². The second-order valence-electron chi connectivity index (χ2n) is 12.9. The van der Waals surface area contributed by atoms with Gasteiger partial charge in [0.2, 0.25) is 0 Å². The van der Waals surface area contributed by atoms with E-state index in [0.29, 0.717) is 16.2 Å². The Bertz CT molecular complexity index is 575. The monoisotopic (exact) mass is 370 g/mol. The third kappa shape index (κ3) is 2.46. The lowest BCUT2D eigenvalue weighted by molar-refractivity contribution is -0.196. The first kappa shape index (κ1) is 19.0. The molecule has 0 bridgehead atoms. The summed E-state index contributed by atoms with van der Waals surface area (Å²) >= 11 is 0. The fourth-order valence-corrected chi connectivity index (χ4v) is 10.6. The molecule has 0 aromatic carbocycles. The van der Waals surface area contributed by atoms with Gasteiger partial charge in [0.1, 0.15) is 0 Å². The zero-order chi connectivity index (χ0) is 19.0. The quantitative estimate of drug-likeness (QED) is 0.437. The molecule has 0 heteroatoms. The number of hydrogen-bond donors (Lipinski definition) is 0. The van der Waals surface area contributed by atoms with Gasteiger partial charge in [-0.3, -0.25) is 0 Å². The second kappa shape index (κ2) is 6.25. The van der Waals surface area contributed by atoms with Gasteiger partial charge in [-0.2, -0.15) is 0 Å². The molecule has 0 nitrogen and oxygen atoms in total. The summed E-state index contributed by atoms with van der Waals surface area (Å²) in [5, 5.41) is 0. The maximum Gasteiger partial charge on any atom is -0.0238 e. The third-order valence-electron chi connectivity index (χ3n) is 12.2. The predicted octanol–water partition coefficient (Wildman–Crippen LogP) is 8.11. The lowest BCUT2D eigenvalue weighted by Crippen LogP contribution is -2.61. The number of fused-ring (bicyclic) bond motifs is 7. The SMILES string of the molecule is CC[C@@H]1CC[C@H]2[C@H]1CC[C@]1(C)[C@@H]2CC[C@@H]2[C@H]3CCCC(C)(C)[C@@H]3CC[C@]21C. The van der Waals surface area contributed by atoms with E-state index in [9.17, 15) is 0 Å². The summed E-state index contributed by atoms with van der Waals surface area (Å²) in [5.41, 5.74) is 1.89. The van der Waals surface area contributed by atoms with Crippen molar-refractivity contribution in [3.63, 3.8) is 0 Å². The molecule has 0 amide bonds. The first-order valence-electron chi connectivity index (χ1n) is 12.8. The van der Waals surface area contributed by atoms with Crippen molar-refractivity contribution in [2.45, 2.75) is 112 Å². The average molecular weight is 371 g/mol. The molecule has 27 heavy (non-hydrogen) atoms. The lowest BCUT2D eigenvalue weighted by atomic mass is 9.36. The first-order valence-corrected chi connectivity index (χ1v) is 12.8. The molecular weight excluding hydrogens is 324 g/mol. The Morgan fingerprint density at radius 2 is 1.26 bits per heavy atom. The molecule has 0 unspecified atom stereocenters. The normalized spacial score (nSPS) is 56.6. The largest absolute Gasteiger partial charge is 0.0651 e. The van der Waals surface area contributed by atoms with Gasteiger partial charge in [0, 0.05) is 0 Å². The number of hydrogen-bond acceptors (Lipinski definition) is 0. The highest BCUT2D eigenvalue weighted by atomic mass is 14.7. The Morgan fingerprint density at radius 3 is 1.96 bits per heavy atom. The van der Waals surface area contributed by atoms with E-state index in [2.05, 4.69) is 34.6 Å². The van der Waals surface area contributed by atoms with Crippen LogP contribution in [0.1, 0.15) is 112 Å². The standard InChI is InChI=1S/C27H46/c1-6-18-9-10-20-19(18)13-16-26(4)23(20)11-12-24-21-8-7-15-25(2,3)22(21)14-17-27(24,26)5/h18-24H,6-17H2,1-5H3/t18-,19+,20+,21+,22-,23-,24-,26-,27-/m1/s1. The van der Waals surface area contributed by atoms with Gasteiger partial charge >= 0.3 is 0 Å². The van der Waals surface area contributed by atoms with E-state index in [-0.39, 0.29) is 0 Å². The highest BCUT2D eigenvalue weighted by molar-refractivity contribution is 5.13. The minimum absolute atomic E-state index is 0.611. The molecule has 0 aromatic rings. The highest BCUT2D eigenvalue weighted by Crippen LogP contribution is 2.73. The fourth-order valence-electron chi connectivity index (χ4n) is 10.6. The molecule has 0 aromatic heterocycles. The zero-order valence-electron chi connectivity index (χ0n) is 19.0. The average Bonchev–Trinajstić information content (AvgIpc) is 3.04. The number of rotatable bonds is 1. The minimum Gasteiger partial charge on any atom is -0.0651 e. The van der Waals surface area contributed by atoms with E-state index in [1.54, 1.807) is 57.8 Å². The van der Waals surface area contributed by atoms with Gasteiger partial charge in [0.05, 0.1) is 0 Å². The van der Waals surface area contributed by atoms with Crippen LogP contribution in [0.3, 0.4) is 0 Å².